The molecule has 2 rings (SSSR count). The second kappa shape index (κ2) is 5.92. The van der Waals surface area contributed by atoms with Crippen molar-refractivity contribution in [2.45, 2.75) is 84.4 Å². The largest absolute Gasteiger partial charge is 0.378 e. The van der Waals surface area contributed by atoms with E-state index in [4.69, 9.17) is 4.74 Å². The van der Waals surface area contributed by atoms with Gasteiger partial charge < -0.3 is 10.1 Å². The van der Waals surface area contributed by atoms with Crippen LogP contribution in [0.2, 0.25) is 0 Å². The highest BCUT2D eigenvalue weighted by molar-refractivity contribution is 5.05. The second-order valence-electron chi connectivity index (χ2n) is 6.54. The lowest BCUT2D eigenvalue weighted by molar-refractivity contribution is -0.128. The van der Waals surface area contributed by atoms with Gasteiger partial charge in [-0.25, -0.2) is 0 Å². The Morgan fingerprint density at radius 3 is 2.50 bits per heavy atom. The van der Waals surface area contributed by atoms with E-state index in [0.717, 1.165) is 18.6 Å². The van der Waals surface area contributed by atoms with E-state index in [9.17, 15) is 0 Å². The Bertz CT molecular complexity index is 264. The van der Waals surface area contributed by atoms with Gasteiger partial charge in [0.05, 0.1) is 6.10 Å². The summed E-state index contributed by atoms with van der Waals surface area (Å²) < 4.78 is 5.88. The van der Waals surface area contributed by atoms with Crippen LogP contribution in [-0.2, 0) is 4.74 Å². The van der Waals surface area contributed by atoms with Crippen LogP contribution in [0.1, 0.15) is 66.2 Å². The van der Waals surface area contributed by atoms with Crippen molar-refractivity contribution in [3.05, 3.63) is 0 Å². The topological polar surface area (TPSA) is 21.3 Å². The Morgan fingerprint density at radius 2 is 2.00 bits per heavy atom. The molecule has 0 saturated heterocycles. The van der Waals surface area contributed by atoms with Gasteiger partial charge >= 0.3 is 0 Å². The van der Waals surface area contributed by atoms with E-state index in [1.54, 1.807) is 0 Å². The molecule has 1 N–H and O–H groups in total. The SMILES string of the molecule is CCOC1CC(NC(CC)CC2CC2)C1(C)CC. The molecule has 0 aliphatic heterocycles. The monoisotopic (exact) mass is 253 g/mol. The summed E-state index contributed by atoms with van der Waals surface area (Å²) in [6, 6.07) is 1.40. The molecule has 0 aromatic heterocycles. The third-order valence-corrected chi connectivity index (χ3v) is 5.36. The number of ether oxygens (including phenoxy) is 1. The van der Waals surface area contributed by atoms with E-state index in [-0.39, 0.29) is 0 Å². The van der Waals surface area contributed by atoms with Gasteiger partial charge in [-0.05, 0) is 38.5 Å². The summed E-state index contributed by atoms with van der Waals surface area (Å²) in [5.41, 5.74) is 0.354. The zero-order chi connectivity index (χ0) is 13.2. The van der Waals surface area contributed by atoms with Crippen molar-refractivity contribution in [1.82, 2.24) is 5.32 Å². The Hall–Kier alpha value is -0.0800. The quantitative estimate of drug-likeness (QED) is 0.711. The molecule has 2 aliphatic rings. The van der Waals surface area contributed by atoms with Gasteiger partial charge in [-0.3, -0.25) is 0 Å². The van der Waals surface area contributed by atoms with Crippen molar-refractivity contribution in [3.8, 4) is 0 Å². The average molecular weight is 253 g/mol. The van der Waals surface area contributed by atoms with E-state index in [0.29, 0.717) is 17.6 Å². The van der Waals surface area contributed by atoms with Crippen LogP contribution < -0.4 is 5.32 Å². The summed E-state index contributed by atoms with van der Waals surface area (Å²) in [6.07, 6.45) is 8.50. The number of hydrogen-bond donors (Lipinski definition) is 1. The summed E-state index contributed by atoms with van der Waals surface area (Å²) in [6.45, 7) is 9.99. The molecule has 0 heterocycles. The Kier molecular flexibility index (Phi) is 4.71. The minimum absolute atomic E-state index is 0.354. The van der Waals surface area contributed by atoms with Gasteiger partial charge in [0.25, 0.3) is 0 Å². The maximum Gasteiger partial charge on any atom is 0.0658 e. The average Bonchev–Trinajstić information content (AvgIpc) is 3.19. The molecular weight excluding hydrogens is 222 g/mol. The number of hydrogen-bond acceptors (Lipinski definition) is 2. The summed E-state index contributed by atoms with van der Waals surface area (Å²) in [7, 11) is 0. The fourth-order valence-corrected chi connectivity index (χ4v) is 3.40. The predicted octanol–water partition coefficient (Wildman–Crippen LogP) is 3.75. The van der Waals surface area contributed by atoms with Gasteiger partial charge in [0, 0.05) is 24.1 Å². The predicted molar refractivity (Wildman–Crippen MR) is 76.8 cm³/mol. The smallest absolute Gasteiger partial charge is 0.0658 e. The second-order valence-corrected chi connectivity index (χ2v) is 6.54. The van der Waals surface area contributed by atoms with Gasteiger partial charge in [-0.2, -0.15) is 0 Å². The summed E-state index contributed by atoms with van der Waals surface area (Å²) in [4.78, 5) is 0. The zero-order valence-corrected chi connectivity index (χ0v) is 12.7. The van der Waals surface area contributed by atoms with Crippen molar-refractivity contribution in [2.75, 3.05) is 6.61 Å². The number of nitrogens with one attached hydrogen (secondary N) is 1. The van der Waals surface area contributed by atoms with Gasteiger partial charge in [0.1, 0.15) is 0 Å². The normalized spacial score (nSPS) is 37.3. The van der Waals surface area contributed by atoms with Crippen LogP contribution in [0.4, 0.5) is 0 Å². The van der Waals surface area contributed by atoms with Crippen molar-refractivity contribution >= 4 is 0 Å². The fraction of sp³-hybridized carbons (Fsp3) is 1.00. The summed E-state index contributed by atoms with van der Waals surface area (Å²) in [5.74, 6) is 1.03. The van der Waals surface area contributed by atoms with Crippen LogP contribution in [0.15, 0.2) is 0 Å². The van der Waals surface area contributed by atoms with Crippen LogP contribution >= 0.6 is 0 Å². The lowest BCUT2D eigenvalue weighted by atomic mass is 9.61. The molecule has 2 fully saturated rings. The van der Waals surface area contributed by atoms with Crippen molar-refractivity contribution < 1.29 is 4.74 Å². The minimum Gasteiger partial charge on any atom is -0.378 e. The van der Waals surface area contributed by atoms with Crippen LogP contribution in [0.5, 0.6) is 0 Å². The molecule has 0 aromatic rings. The Labute approximate surface area is 113 Å². The summed E-state index contributed by atoms with van der Waals surface area (Å²) in [5, 5.41) is 3.92. The van der Waals surface area contributed by atoms with Gasteiger partial charge in [-0.1, -0.05) is 33.6 Å². The van der Waals surface area contributed by atoms with Crippen molar-refractivity contribution in [2.24, 2.45) is 11.3 Å². The van der Waals surface area contributed by atoms with Gasteiger partial charge in [0.2, 0.25) is 0 Å². The molecule has 2 nitrogen and oxygen atoms in total. The highest BCUT2D eigenvalue weighted by atomic mass is 16.5. The molecule has 2 aliphatic carbocycles. The molecular formula is C16H31NO. The molecule has 0 amide bonds. The maximum absolute atomic E-state index is 5.88. The van der Waals surface area contributed by atoms with E-state index in [1.807, 2.05) is 0 Å². The minimum atomic E-state index is 0.354. The fourth-order valence-electron chi connectivity index (χ4n) is 3.40. The first kappa shape index (κ1) is 14.3. The first-order valence-corrected chi connectivity index (χ1v) is 8.01. The zero-order valence-electron chi connectivity index (χ0n) is 12.7. The van der Waals surface area contributed by atoms with Crippen LogP contribution in [0, 0.1) is 11.3 Å². The van der Waals surface area contributed by atoms with Crippen LogP contribution in [-0.4, -0.2) is 24.8 Å². The molecule has 2 heteroatoms. The highest BCUT2D eigenvalue weighted by Gasteiger charge is 2.51. The molecule has 0 spiro atoms. The Morgan fingerprint density at radius 1 is 1.28 bits per heavy atom. The molecule has 0 aromatic carbocycles. The van der Waals surface area contributed by atoms with Crippen LogP contribution in [0.25, 0.3) is 0 Å². The lowest BCUT2D eigenvalue weighted by Crippen LogP contribution is -2.63. The molecule has 4 atom stereocenters. The molecule has 4 unspecified atom stereocenters. The summed E-state index contributed by atoms with van der Waals surface area (Å²) >= 11 is 0. The number of rotatable bonds is 8. The standard InChI is InChI=1S/C16H31NO/c1-5-13(10-12-8-9-12)17-14-11-15(18-7-3)16(14,4)6-2/h12-15,17H,5-11H2,1-4H3. The maximum atomic E-state index is 5.88. The first-order valence-electron chi connectivity index (χ1n) is 8.01. The molecule has 2 saturated carbocycles. The molecule has 106 valence electrons. The third-order valence-electron chi connectivity index (χ3n) is 5.36. The Balaban J connectivity index is 1.84. The van der Waals surface area contributed by atoms with E-state index in [1.165, 1.54) is 38.5 Å². The molecule has 0 radical (unpaired) electrons. The van der Waals surface area contributed by atoms with Gasteiger partial charge in [-0.15, -0.1) is 0 Å². The highest BCUT2D eigenvalue weighted by Crippen LogP contribution is 2.46. The first-order chi connectivity index (χ1) is 8.63. The van der Waals surface area contributed by atoms with Crippen molar-refractivity contribution in [3.63, 3.8) is 0 Å². The lowest BCUT2D eigenvalue weighted by Gasteiger charge is -2.54. The molecule has 18 heavy (non-hydrogen) atoms. The van der Waals surface area contributed by atoms with E-state index >= 15 is 0 Å². The van der Waals surface area contributed by atoms with Gasteiger partial charge in [0.15, 0.2) is 0 Å². The van der Waals surface area contributed by atoms with Crippen LogP contribution in [0.3, 0.4) is 0 Å². The van der Waals surface area contributed by atoms with E-state index < -0.39 is 0 Å². The van der Waals surface area contributed by atoms with E-state index in [2.05, 4.69) is 33.0 Å². The third kappa shape index (κ3) is 2.91. The van der Waals surface area contributed by atoms with Crippen molar-refractivity contribution in [1.29, 1.82) is 0 Å². The molecule has 0 bridgehead atoms.